The molecule has 1 aromatic rings. The number of hydrogen-bond donors (Lipinski definition) is 3. The van der Waals surface area contributed by atoms with Gasteiger partial charge in [-0.05, 0) is 58.4 Å². The zero-order valence-corrected chi connectivity index (χ0v) is 14.1. The van der Waals surface area contributed by atoms with Crippen molar-refractivity contribution in [3.8, 4) is 0 Å². The molecule has 2 atom stereocenters. The summed E-state index contributed by atoms with van der Waals surface area (Å²) < 4.78 is 18.6. The molecule has 1 aromatic carbocycles. The number of primary amides is 1. The third-order valence-electron chi connectivity index (χ3n) is 2.92. The second kappa shape index (κ2) is 7.30. The van der Waals surface area contributed by atoms with Crippen LogP contribution in [-0.2, 0) is 9.53 Å². The van der Waals surface area contributed by atoms with Crippen molar-refractivity contribution in [3.05, 3.63) is 29.6 Å². The van der Waals surface area contributed by atoms with Crippen LogP contribution in [0, 0.1) is 12.7 Å². The van der Waals surface area contributed by atoms with E-state index in [9.17, 15) is 14.0 Å². The largest absolute Gasteiger partial charge is 0.444 e. The number of alkyl carbamates (subject to hydrolysis) is 1. The second-order valence-electron chi connectivity index (χ2n) is 6.48. The van der Waals surface area contributed by atoms with Crippen molar-refractivity contribution >= 4 is 17.7 Å². The molecule has 0 fully saturated rings. The Kier molecular flexibility index (Phi) is 5.95. The van der Waals surface area contributed by atoms with E-state index in [4.69, 9.17) is 10.5 Å². The number of halogens is 1. The third kappa shape index (κ3) is 6.54. The average Bonchev–Trinajstić information content (AvgIpc) is 2.31. The Bertz CT molecular complexity index is 564. The molecule has 2 unspecified atom stereocenters. The van der Waals surface area contributed by atoms with Crippen LogP contribution in [0.5, 0.6) is 0 Å². The number of benzene rings is 1. The Morgan fingerprint density at radius 2 is 1.87 bits per heavy atom. The maximum Gasteiger partial charge on any atom is 0.407 e. The molecule has 1 rings (SSSR count). The predicted molar refractivity (Wildman–Crippen MR) is 86.6 cm³/mol. The minimum Gasteiger partial charge on any atom is -0.444 e. The van der Waals surface area contributed by atoms with Gasteiger partial charge in [-0.3, -0.25) is 4.79 Å². The molecular formula is C16H24FN3O3. The maximum atomic E-state index is 13.4. The summed E-state index contributed by atoms with van der Waals surface area (Å²) >= 11 is 0. The Hall–Kier alpha value is -2.31. The number of nitrogens with two attached hydrogens (primary N) is 1. The minimum atomic E-state index is -0.913. The summed E-state index contributed by atoms with van der Waals surface area (Å²) in [6.45, 7) is 8.54. The van der Waals surface area contributed by atoms with E-state index < -0.39 is 35.5 Å². The first-order valence-electron chi connectivity index (χ1n) is 7.30. The van der Waals surface area contributed by atoms with Crippen molar-refractivity contribution < 1.29 is 18.7 Å². The van der Waals surface area contributed by atoms with Gasteiger partial charge in [0.25, 0.3) is 0 Å². The summed E-state index contributed by atoms with van der Waals surface area (Å²) in [5.74, 6) is -1.10. The van der Waals surface area contributed by atoms with Crippen molar-refractivity contribution in [3.63, 3.8) is 0 Å². The lowest BCUT2D eigenvalue weighted by Crippen LogP contribution is -2.52. The first-order chi connectivity index (χ1) is 10.5. The van der Waals surface area contributed by atoms with Crippen LogP contribution in [0.15, 0.2) is 18.2 Å². The van der Waals surface area contributed by atoms with Crippen molar-refractivity contribution in [2.75, 3.05) is 5.32 Å². The first kappa shape index (κ1) is 18.7. The van der Waals surface area contributed by atoms with Crippen LogP contribution in [0.2, 0.25) is 0 Å². The molecule has 128 valence electrons. The summed E-state index contributed by atoms with van der Waals surface area (Å²) in [6.07, 6.45) is -0.659. The van der Waals surface area contributed by atoms with Crippen LogP contribution in [-0.4, -0.2) is 29.7 Å². The van der Waals surface area contributed by atoms with Gasteiger partial charge >= 0.3 is 6.09 Å². The molecule has 7 heteroatoms. The fourth-order valence-electron chi connectivity index (χ4n) is 2.02. The van der Waals surface area contributed by atoms with Gasteiger partial charge in [0.2, 0.25) is 5.91 Å². The molecule has 0 aromatic heterocycles. The molecule has 0 saturated carbocycles. The molecule has 0 aliphatic rings. The highest BCUT2D eigenvalue weighted by atomic mass is 19.1. The molecule has 4 N–H and O–H groups in total. The number of hydrogen-bond acceptors (Lipinski definition) is 4. The zero-order valence-electron chi connectivity index (χ0n) is 14.1. The van der Waals surface area contributed by atoms with Gasteiger partial charge < -0.3 is 21.1 Å². The van der Waals surface area contributed by atoms with Gasteiger partial charge in [-0.1, -0.05) is 0 Å². The van der Waals surface area contributed by atoms with Crippen molar-refractivity contribution in [1.29, 1.82) is 0 Å². The summed E-state index contributed by atoms with van der Waals surface area (Å²) in [7, 11) is 0. The highest BCUT2D eigenvalue weighted by molar-refractivity contribution is 5.84. The minimum absolute atomic E-state index is 0.407. The van der Waals surface area contributed by atoms with Crippen molar-refractivity contribution in [2.45, 2.75) is 52.3 Å². The molecule has 6 nitrogen and oxygen atoms in total. The van der Waals surface area contributed by atoms with Gasteiger partial charge in [0.05, 0.1) is 6.04 Å². The average molecular weight is 325 g/mol. The SMILES string of the molecule is Cc1cc(F)cc(NC(C(N)=O)C(C)NC(=O)OC(C)(C)C)c1. The lowest BCUT2D eigenvalue weighted by molar-refractivity contribution is -0.119. The molecule has 0 aliphatic carbocycles. The van der Waals surface area contributed by atoms with E-state index in [1.807, 2.05) is 0 Å². The van der Waals surface area contributed by atoms with Gasteiger partial charge in [-0.2, -0.15) is 0 Å². The molecule has 0 bridgehead atoms. The predicted octanol–water partition coefficient (Wildman–Crippen LogP) is 2.31. The first-order valence-corrected chi connectivity index (χ1v) is 7.30. The number of rotatable bonds is 5. The van der Waals surface area contributed by atoms with Crippen LogP contribution in [0.3, 0.4) is 0 Å². The summed E-state index contributed by atoms with van der Waals surface area (Å²) in [5, 5.41) is 5.39. The number of nitrogens with one attached hydrogen (secondary N) is 2. The Morgan fingerprint density at radius 3 is 2.35 bits per heavy atom. The molecular weight excluding hydrogens is 301 g/mol. The second-order valence-corrected chi connectivity index (χ2v) is 6.48. The van der Waals surface area contributed by atoms with Crippen LogP contribution >= 0.6 is 0 Å². The fraction of sp³-hybridized carbons (Fsp3) is 0.500. The number of carbonyl (C=O) groups excluding carboxylic acids is 2. The lowest BCUT2D eigenvalue weighted by Gasteiger charge is -2.26. The van der Waals surface area contributed by atoms with E-state index in [2.05, 4.69) is 10.6 Å². The zero-order chi connectivity index (χ0) is 17.8. The smallest absolute Gasteiger partial charge is 0.407 e. The summed E-state index contributed by atoms with van der Waals surface area (Å²) in [4.78, 5) is 23.4. The maximum absolute atomic E-state index is 13.4. The van der Waals surface area contributed by atoms with Crippen LogP contribution in [0.25, 0.3) is 0 Å². The monoisotopic (exact) mass is 325 g/mol. The van der Waals surface area contributed by atoms with Crippen LogP contribution in [0.1, 0.15) is 33.3 Å². The van der Waals surface area contributed by atoms with Crippen molar-refractivity contribution in [1.82, 2.24) is 5.32 Å². The quantitative estimate of drug-likeness (QED) is 0.774. The molecule has 0 aliphatic heterocycles. The normalized spacial score (nSPS) is 13.8. The highest BCUT2D eigenvalue weighted by Crippen LogP contribution is 2.15. The highest BCUT2D eigenvalue weighted by Gasteiger charge is 2.26. The Balaban J connectivity index is 2.81. The molecule has 2 amide bonds. The van der Waals surface area contributed by atoms with E-state index in [0.29, 0.717) is 11.3 Å². The Labute approximate surface area is 135 Å². The van der Waals surface area contributed by atoms with Crippen LogP contribution in [0.4, 0.5) is 14.9 Å². The van der Waals surface area contributed by atoms with E-state index in [-0.39, 0.29) is 0 Å². The number of carbonyl (C=O) groups is 2. The Morgan fingerprint density at radius 1 is 1.26 bits per heavy atom. The summed E-state index contributed by atoms with van der Waals surface area (Å²) in [5.41, 5.74) is 5.83. The summed E-state index contributed by atoms with van der Waals surface area (Å²) in [6, 6.07) is 2.74. The molecule has 0 saturated heterocycles. The van der Waals surface area contributed by atoms with Gasteiger partial charge in [0.15, 0.2) is 0 Å². The molecule has 0 spiro atoms. The number of anilines is 1. The number of aryl methyl sites for hydroxylation is 1. The number of ether oxygens (including phenoxy) is 1. The topological polar surface area (TPSA) is 93.5 Å². The van der Waals surface area contributed by atoms with E-state index in [0.717, 1.165) is 0 Å². The number of amides is 2. The van der Waals surface area contributed by atoms with E-state index in [1.165, 1.54) is 12.1 Å². The lowest BCUT2D eigenvalue weighted by atomic mass is 10.1. The third-order valence-corrected chi connectivity index (χ3v) is 2.92. The standard InChI is InChI=1S/C16H24FN3O3/c1-9-6-11(17)8-12(7-9)20-13(14(18)21)10(2)19-15(22)23-16(3,4)5/h6-8,10,13,20H,1-5H3,(H2,18,21)(H,19,22). The van der Waals surface area contributed by atoms with Crippen LogP contribution < -0.4 is 16.4 Å². The van der Waals surface area contributed by atoms with Gasteiger partial charge in [0, 0.05) is 5.69 Å². The molecule has 0 radical (unpaired) electrons. The van der Waals surface area contributed by atoms with E-state index in [1.54, 1.807) is 40.7 Å². The molecule has 23 heavy (non-hydrogen) atoms. The molecule has 0 heterocycles. The van der Waals surface area contributed by atoms with E-state index >= 15 is 0 Å². The van der Waals surface area contributed by atoms with Crippen molar-refractivity contribution in [2.24, 2.45) is 5.73 Å². The van der Waals surface area contributed by atoms with Gasteiger partial charge in [-0.15, -0.1) is 0 Å². The van der Waals surface area contributed by atoms with Gasteiger partial charge in [0.1, 0.15) is 17.5 Å². The fourth-order valence-corrected chi connectivity index (χ4v) is 2.02. The van der Waals surface area contributed by atoms with Gasteiger partial charge in [-0.25, -0.2) is 9.18 Å².